The van der Waals surface area contributed by atoms with Crippen LogP contribution in [0.2, 0.25) is 0 Å². The van der Waals surface area contributed by atoms with Crippen LogP contribution in [0, 0.1) is 0 Å². The summed E-state index contributed by atoms with van der Waals surface area (Å²) < 4.78 is 0. The average molecular weight is 264 g/mol. The first-order valence-electron chi connectivity index (χ1n) is 7.50. The van der Waals surface area contributed by atoms with Crippen LogP contribution in [0.5, 0.6) is 0 Å². The lowest BCUT2D eigenvalue weighted by Crippen LogP contribution is -2.12. The molecular weight excluding hydrogens is 244 g/mol. The van der Waals surface area contributed by atoms with E-state index in [1.807, 2.05) is 24.3 Å². The number of benzene rings is 2. The van der Waals surface area contributed by atoms with Crippen molar-refractivity contribution in [1.82, 2.24) is 0 Å². The van der Waals surface area contributed by atoms with E-state index in [0.29, 0.717) is 0 Å². The Balaban J connectivity index is 1.91. The van der Waals surface area contributed by atoms with Gasteiger partial charge in [-0.2, -0.15) is 0 Å². The van der Waals surface area contributed by atoms with E-state index >= 15 is 0 Å². The van der Waals surface area contributed by atoms with Crippen molar-refractivity contribution in [2.45, 2.75) is 38.5 Å². The Hall–Kier alpha value is -1.89. The van der Waals surface area contributed by atoms with Crippen LogP contribution in [-0.2, 0) is 12.8 Å². The van der Waals surface area contributed by atoms with Gasteiger partial charge >= 0.3 is 0 Å². The Kier molecular flexibility index (Phi) is 3.68. The first-order valence-corrected chi connectivity index (χ1v) is 7.50. The number of ketones is 1. The zero-order valence-electron chi connectivity index (χ0n) is 11.9. The average Bonchev–Trinajstić information content (AvgIpc) is 2.96. The molecule has 20 heavy (non-hydrogen) atoms. The highest BCUT2D eigenvalue weighted by Gasteiger charge is 2.21. The molecule has 0 fully saturated rings. The van der Waals surface area contributed by atoms with Crippen LogP contribution >= 0.6 is 0 Å². The summed E-state index contributed by atoms with van der Waals surface area (Å²) in [6, 6.07) is 16.4. The van der Waals surface area contributed by atoms with Crippen molar-refractivity contribution in [3.05, 3.63) is 70.8 Å². The van der Waals surface area contributed by atoms with Crippen molar-refractivity contribution in [3.8, 4) is 0 Å². The maximum Gasteiger partial charge on any atom is 0.170 e. The van der Waals surface area contributed by atoms with Gasteiger partial charge in [0.15, 0.2) is 5.78 Å². The molecule has 3 rings (SSSR count). The van der Waals surface area contributed by atoms with E-state index < -0.39 is 0 Å². The number of Topliss-reactive ketones (excluding diaryl/α,β-unsaturated/α-hetero) is 1. The molecule has 102 valence electrons. The number of aryl methyl sites for hydroxylation is 2. The van der Waals surface area contributed by atoms with Crippen LogP contribution in [0.3, 0.4) is 0 Å². The van der Waals surface area contributed by atoms with Crippen LogP contribution in [0.15, 0.2) is 48.5 Å². The molecule has 0 aromatic heterocycles. The molecule has 1 atom stereocenters. The topological polar surface area (TPSA) is 17.1 Å². The SMILES string of the molecule is CCC(C(=O)c1ccc2c(c1)CCC2)c1ccccc1. The van der Waals surface area contributed by atoms with Crippen LogP contribution in [0.25, 0.3) is 0 Å². The van der Waals surface area contributed by atoms with Gasteiger partial charge in [0, 0.05) is 11.5 Å². The summed E-state index contributed by atoms with van der Waals surface area (Å²) in [5, 5.41) is 0. The highest BCUT2D eigenvalue weighted by Crippen LogP contribution is 2.28. The predicted molar refractivity (Wildman–Crippen MR) is 82.3 cm³/mol. The summed E-state index contributed by atoms with van der Waals surface area (Å²) in [7, 11) is 0. The first kappa shape index (κ1) is 13.1. The molecule has 1 unspecified atom stereocenters. The normalized spacial score (nSPS) is 14.8. The minimum atomic E-state index is -0.0179. The maximum atomic E-state index is 12.8. The van der Waals surface area contributed by atoms with Crippen LogP contribution in [0.1, 0.15) is 52.7 Å². The van der Waals surface area contributed by atoms with E-state index in [4.69, 9.17) is 0 Å². The number of hydrogen-bond donors (Lipinski definition) is 0. The van der Waals surface area contributed by atoms with Gasteiger partial charge in [-0.25, -0.2) is 0 Å². The van der Waals surface area contributed by atoms with Gasteiger partial charge in [0.25, 0.3) is 0 Å². The second kappa shape index (κ2) is 5.62. The summed E-state index contributed by atoms with van der Waals surface area (Å²) in [6.07, 6.45) is 4.36. The predicted octanol–water partition coefficient (Wildman–Crippen LogP) is 4.55. The molecule has 1 heteroatoms. The lowest BCUT2D eigenvalue weighted by Gasteiger charge is -2.15. The Labute approximate surface area is 120 Å². The summed E-state index contributed by atoms with van der Waals surface area (Å²) in [5.74, 6) is 0.240. The minimum Gasteiger partial charge on any atom is -0.293 e. The van der Waals surface area contributed by atoms with E-state index in [1.54, 1.807) is 0 Å². The molecule has 2 aromatic rings. The van der Waals surface area contributed by atoms with E-state index in [0.717, 1.165) is 24.0 Å². The fraction of sp³-hybridized carbons (Fsp3) is 0.316. The van der Waals surface area contributed by atoms with Crippen LogP contribution in [-0.4, -0.2) is 5.78 Å². The van der Waals surface area contributed by atoms with Crippen molar-refractivity contribution >= 4 is 5.78 Å². The van der Waals surface area contributed by atoms with Crippen molar-refractivity contribution in [3.63, 3.8) is 0 Å². The molecule has 0 amide bonds. The molecule has 0 N–H and O–H groups in total. The van der Waals surface area contributed by atoms with Gasteiger partial charge in [-0.3, -0.25) is 4.79 Å². The molecule has 1 aliphatic carbocycles. The Bertz CT molecular complexity index is 613. The Morgan fingerprint density at radius 3 is 2.55 bits per heavy atom. The highest BCUT2D eigenvalue weighted by molar-refractivity contribution is 6.01. The van der Waals surface area contributed by atoms with Gasteiger partial charge in [-0.05, 0) is 48.4 Å². The zero-order chi connectivity index (χ0) is 13.9. The van der Waals surface area contributed by atoms with Gasteiger partial charge in [0.05, 0.1) is 0 Å². The first-order chi connectivity index (χ1) is 9.79. The van der Waals surface area contributed by atoms with E-state index in [9.17, 15) is 4.79 Å². The largest absolute Gasteiger partial charge is 0.293 e. The highest BCUT2D eigenvalue weighted by atomic mass is 16.1. The van der Waals surface area contributed by atoms with Gasteiger partial charge < -0.3 is 0 Å². The zero-order valence-corrected chi connectivity index (χ0v) is 11.9. The Morgan fingerprint density at radius 1 is 1.05 bits per heavy atom. The third-order valence-corrected chi connectivity index (χ3v) is 4.31. The van der Waals surface area contributed by atoms with Crippen molar-refractivity contribution in [2.24, 2.45) is 0 Å². The summed E-state index contributed by atoms with van der Waals surface area (Å²) >= 11 is 0. The molecule has 0 aliphatic heterocycles. The monoisotopic (exact) mass is 264 g/mol. The number of carbonyl (C=O) groups is 1. The molecule has 1 aliphatic rings. The van der Waals surface area contributed by atoms with E-state index in [-0.39, 0.29) is 11.7 Å². The fourth-order valence-corrected chi connectivity index (χ4v) is 3.18. The van der Waals surface area contributed by atoms with Gasteiger partial charge in [-0.15, -0.1) is 0 Å². The number of carbonyl (C=O) groups excluding carboxylic acids is 1. The number of hydrogen-bond acceptors (Lipinski definition) is 1. The number of rotatable bonds is 4. The second-order valence-electron chi connectivity index (χ2n) is 5.57. The smallest absolute Gasteiger partial charge is 0.170 e. The second-order valence-corrected chi connectivity index (χ2v) is 5.57. The molecule has 0 saturated heterocycles. The fourth-order valence-electron chi connectivity index (χ4n) is 3.18. The third kappa shape index (κ3) is 2.40. The molecule has 0 heterocycles. The molecule has 0 radical (unpaired) electrons. The van der Waals surface area contributed by atoms with Crippen molar-refractivity contribution in [1.29, 1.82) is 0 Å². The Morgan fingerprint density at radius 2 is 1.80 bits per heavy atom. The van der Waals surface area contributed by atoms with E-state index in [2.05, 4.69) is 31.2 Å². The van der Waals surface area contributed by atoms with Gasteiger partial charge in [-0.1, -0.05) is 49.4 Å². The van der Waals surface area contributed by atoms with Gasteiger partial charge in [0.2, 0.25) is 0 Å². The summed E-state index contributed by atoms with van der Waals surface area (Å²) in [5.41, 5.74) is 4.80. The van der Waals surface area contributed by atoms with Crippen molar-refractivity contribution in [2.75, 3.05) is 0 Å². The standard InChI is InChI=1S/C19H20O/c1-2-18(15-7-4-3-5-8-15)19(20)17-12-11-14-9-6-10-16(14)13-17/h3-5,7-8,11-13,18H,2,6,9-10H2,1H3. The molecule has 0 spiro atoms. The summed E-state index contributed by atoms with van der Waals surface area (Å²) in [4.78, 5) is 12.8. The molecule has 0 bridgehead atoms. The lowest BCUT2D eigenvalue weighted by molar-refractivity contribution is 0.0957. The number of fused-ring (bicyclic) bond motifs is 1. The summed E-state index contributed by atoms with van der Waals surface area (Å²) in [6.45, 7) is 2.09. The maximum absolute atomic E-state index is 12.8. The molecule has 2 aromatic carbocycles. The van der Waals surface area contributed by atoms with E-state index in [1.165, 1.54) is 24.0 Å². The van der Waals surface area contributed by atoms with Gasteiger partial charge in [0.1, 0.15) is 0 Å². The third-order valence-electron chi connectivity index (χ3n) is 4.31. The van der Waals surface area contributed by atoms with Crippen LogP contribution in [0.4, 0.5) is 0 Å². The van der Waals surface area contributed by atoms with Crippen LogP contribution < -0.4 is 0 Å². The minimum absolute atomic E-state index is 0.0179. The lowest BCUT2D eigenvalue weighted by atomic mass is 9.88. The molecule has 0 saturated carbocycles. The van der Waals surface area contributed by atoms with Crippen molar-refractivity contribution < 1.29 is 4.79 Å². The molecular formula is C19H20O. The quantitative estimate of drug-likeness (QED) is 0.740. The molecule has 1 nitrogen and oxygen atoms in total.